The zero-order valence-electron chi connectivity index (χ0n) is 42.6. The zero-order valence-corrected chi connectivity index (χ0v) is 42.6. The minimum Gasteiger partial charge on any atom is -0.429 e. The second-order valence-electron chi connectivity index (χ2n) is 17.1. The molecule has 1 heterocycles. The smallest absolute Gasteiger partial charge is 0.429 e. The SMILES string of the molecule is CC(C)[C@H](NC(=O)CCCC1CCN(CCOCCOCCOCCOCCOCCOCCOCCOCCN=[N+]=[N-])CC1)C(=O)N[C@@H](C)C(=O)Nc1ccc(COC(=O)Oc2ccc([N+](=O)[O-])cc2)cc1. The Bertz CT molecular complexity index is 1900. The van der Waals surface area contributed by atoms with Crippen molar-refractivity contribution in [1.82, 2.24) is 15.5 Å². The second-order valence-corrected chi connectivity index (χ2v) is 17.1. The number of carbonyl (C=O) groups is 4. The van der Waals surface area contributed by atoms with E-state index in [4.69, 9.17) is 52.9 Å². The van der Waals surface area contributed by atoms with Crippen LogP contribution in [0.2, 0.25) is 0 Å². The average Bonchev–Trinajstić information content (AvgIpc) is 3.38. The fourth-order valence-corrected chi connectivity index (χ4v) is 7.02. The van der Waals surface area contributed by atoms with Gasteiger partial charge in [0.15, 0.2) is 0 Å². The number of nitrogens with one attached hydrogen (secondary N) is 3. The van der Waals surface area contributed by atoms with E-state index < -0.39 is 35.0 Å². The molecule has 73 heavy (non-hydrogen) atoms. The molecule has 1 aliphatic heterocycles. The molecule has 0 bridgehead atoms. The number of amides is 3. The topological polar surface area (TPSA) is 292 Å². The number of ether oxygens (including phenoxy) is 10. The molecule has 2 aromatic carbocycles. The van der Waals surface area contributed by atoms with Crippen LogP contribution in [0.3, 0.4) is 0 Å². The maximum Gasteiger partial charge on any atom is 0.514 e. The quantitative estimate of drug-likeness (QED) is 0.0112. The van der Waals surface area contributed by atoms with Crippen LogP contribution >= 0.6 is 0 Å². The molecule has 0 saturated carbocycles. The molecule has 24 nitrogen and oxygen atoms in total. The number of likely N-dealkylation sites (tertiary alicyclic amines) is 1. The third kappa shape index (κ3) is 29.7. The monoisotopic (exact) mass is 1030 g/mol. The van der Waals surface area contributed by atoms with Gasteiger partial charge in [-0.1, -0.05) is 31.1 Å². The van der Waals surface area contributed by atoms with Crippen LogP contribution in [0.25, 0.3) is 10.4 Å². The molecular weight excluding hydrogens is 957 g/mol. The van der Waals surface area contributed by atoms with Crippen molar-refractivity contribution in [2.45, 2.75) is 71.6 Å². The van der Waals surface area contributed by atoms with Gasteiger partial charge >= 0.3 is 6.16 Å². The molecule has 3 rings (SSSR count). The Morgan fingerprint density at radius 1 is 0.712 bits per heavy atom. The fourth-order valence-electron chi connectivity index (χ4n) is 7.02. The van der Waals surface area contributed by atoms with E-state index in [9.17, 15) is 29.3 Å². The molecule has 3 amide bonds. The first kappa shape index (κ1) is 61.8. The van der Waals surface area contributed by atoms with E-state index in [1.807, 2.05) is 13.8 Å². The number of rotatable bonds is 41. The highest BCUT2D eigenvalue weighted by molar-refractivity contribution is 5.98. The van der Waals surface area contributed by atoms with Crippen molar-refractivity contribution >= 4 is 35.3 Å². The van der Waals surface area contributed by atoms with Crippen molar-refractivity contribution in [3.05, 3.63) is 74.7 Å². The number of piperidine rings is 1. The molecule has 2 aromatic rings. The zero-order chi connectivity index (χ0) is 52.7. The summed E-state index contributed by atoms with van der Waals surface area (Å²) in [7, 11) is 0. The van der Waals surface area contributed by atoms with Gasteiger partial charge in [0.2, 0.25) is 17.7 Å². The molecular formula is C49H76N8O16. The molecule has 0 aromatic heterocycles. The Morgan fingerprint density at radius 2 is 1.22 bits per heavy atom. The van der Waals surface area contributed by atoms with Crippen LogP contribution in [0.15, 0.2) is 53.6 Å². The number of nitrogens with zero attached hydrogens (tertiary/aromatic N) is 5. The summed E-state index contributed by atoms with van der Waals surface area (Å²) in [4.78, 5) is 66.4. The van der Waals surface area contributed by atoms with Gasteiger partial charge in [-0.15, -0.1) is 0 Å². The largest absolute Gasteiger partial charge is 0.514 e. The Morgan fingerprint density at radius 3 is 1.71 bits per heavy atom. The summed E-state index contributed by atoms with van der Waals surface area (Å²) >= 11 is 0. The number of nitro benzene ring substituents is 1. The van der Waals surface area contributed by atoms with E-state index in [-0.39, 0.29) is 29.9 Å². The summed E-state index contributed by atoms with van der Waals surface area (Å²) in [5.41, 5.74) is 9.10. The van der Waals surface area contributed by atoms with Gasteiger partial charge < -0.3 is 68.2 Å². The van der Waals surface area contributed by atoms with Crippen molar-refractivity contribution in [2.24, 2.45) is 17.0 Å². The number of nitro groups is 1. The number of hydrogen-bond donors (Lipinski definition) is 3. The van der Waals surface area contributed by atoms with Gasteiger partial charge in [-0.2, -0.15) is 0 Å². The van der Waals surface area contributed by atoms with Crippen molar-refractivity contribution in [1.29, 1.82) is 0 Å². The van der Waals surface area contributed by atoms with Crippen molar-refractivity contribution in [2.75, 3.05) is 137 Å². The summed E-state index contributed by atoms with van der Waals surface area (Å²) < 4.78 is 54.1. The molecule has 0 unspecified atom stereocenters. The number of benzene rings is 2. The molecule has 1 saturated heterocycles. The van der Waals surface area contributed by atoms with E-state index in [0.717, 1.165) is 45.3 Å². The summed E-state index contributed by atoms with van der Waals surface area (Å²) in [6.45, 7) is 15.9. The predicted octanol–water partition coefficient (Wildman–Crippen LogP) is 5.22. The first-order chi connectivity index (χ1) is 35.4. The van der Waals surface area contributed by atoms with Crippen LogP contribution in [0, 0.1) is 22.0 Å². The van der Waals surface area contributed by atoms with Gasteiger partial charge in [-0.25, -0.2) is 4.79 Å². The van der Waals surface area contributed by atoms with Crippen LogP contribution in [0.5, 0.6) is 5.75 Å². The van der Waals surface area contributed by atoms with Crippen molar-refractivity contribution in [3.63, 3.8) is 0 Å². The predicted molar refractivity (Wildman–Crippen MR) is 267 cm³/mol. The van der Waals surface area contributed by atoms with Gasteiger partial charge in [0.25, 0.3) is 5.69 Å². The summed E-state index contributed by atoms with van der Waals surface area (Å²) in [5, 5.41) is 22.5. The van der Waals surface area contributed by atoms with Crippen LogP contribution in [0.4, 0.5) is 16.2 Å². The molecule has 0 spiro atoms. The number of non-ortho nitro benzene ring substituents is 1. The molecule has 0 radical (unpaired) electrons. The normalized spacial score (nSPS) is 13.7. The lowest BCUT2D eigenvalue weighted by atomic mass is 9.91. The first-order valence-corrected chi connectivity index (χ1v) is 24.9. The first-order valence-electron chi connectivity index (χ1n) is 24.9. The van der Waals surface area contributed by atoms with Crippen LogP contribution in [-0.4, -0.2) is 178 Å². The lowest BCUT2D eigenvalue weighted by molar-refractivity contribution is -0.384. The third-order valence-corrected chi connectivity index (χ3v) is 11.1. The van der Waals surface area contributed by atoms with Crippen molar-refractivity contribution < 1.29 is 71.5 Å². The summed E-state index contributed by atoms with van der Waals surface area (Å²) in [6, 6.07) is 9.78. The standard InChI is InChI=1S/C49H76N8O16/c1-38(2)46(48(60)52-39(3)47(59)53-42-9-7-41(8-10-42)37-72-49(61)73-44-13-11-43(12-14-44)57(62)63)54-45(58)6-4-5-40-15-18-56(19-16-40)20-22-65-24-26-67-28-30-69-32-34-71-36-35-70-33-31-68-29-27-66-25-23-64-21-17-51-55-50/h7-14,38-40,46H,4-6,15-37H2,1-3H3,(H,52,60)(H,53,59)(H,54,58)/t39-,46-/m0/s1. The Labute approximate surface area is 427 Å². The second kappa shape index (κ2) is 39.0. The lowest BCUT2D eigenvalue weighted by Crippen LogP contribution is -2.53. The van der Waals surface area contributed by atoms with Crippen LogP contribution in [0.1, 0.15) is 58.4 Å². The van der Waals surface area contributed by atoms with Gasteiger partial charge in [-0.3, -0.25) is 24.5 Å². The molecule has 408 valence electrons. The number of hydrogen-bond acceptors (Lipinski definition) is 18. The highest BCUT2D eigenvalue weighted by atomic mass is 16.7. The maximum absolute atomic E-state index is 13.2. The van der Waals surface area contributed by atoms with E-state index in [1.165, 1.54) is 24.3 Å². The highest BCUT2D eigenvalue weighted by Crippen LogP contribution is 2.23. The van der Waals surface area contributed by atoms with Crippen LogP contribution in [-0.2, 0) is 63.6 Å². The Kier molecular flexibility index (Phi) is 33.0. The number of carbonyl (C=O) groups excluding carboxylic acids is 4. The third-order valence-electron chi connectivity index (χ3n) is 11.1. The molecule has 1 aliphatic rings. The average molecular weight is 1030 g/mol. The Hall–Kier alpha value is -5.53. The highest BCUT2D eigenvalue weighted by Gasteiger charge is 2.27. The minimum absolute atomic E-state index is 0.0910. The van der Waals surface area contributed by atoms with E-state index in [1.54, 1.807) is 31.2 Å². The molecule has 1 fully saturated rings. The van der Waals surface area contributed by atoms with Crippen LogP contribution < -0.4 is 20.7 Å². The number of anilines is 1. The van der Waals surface area contributed by atoms with E-state index in [0.29, 0.717) is 136 Å². The van der Waals surface area contributed by atoms with Gasteiger partial charge in [-0.05, 0) is 92.9 Å². The molecule has 24 heteroatoms. The van der Waals surface area contributed by atoms with Gasteiger partial charge in [0.05, 0.1) is 111 Å². The van der Waals surface area contributed by atoms with Crippen molar-refractivity contribution in [3.8, 4) is 5.75 Å². The summed E-state index contributed by atoms with van der Waals surface area (Å²) in [5.74, 6) is -0.708. The van der Waals surface area contributed by atoms with Gasteiger partial charge in [0, 0.05) is 42.2 Å². The molecule has 3 N–H and O–H groups in total. The van der Waals surface area contributed by atoms with E-state index in [2.05, 4.69) is 30.9 Å². The van der Waals surface area contributed by atoms with E-state index >= 15 is 0 Å². The fraction of sp³-hybridized carbons (Fsp3) is 0.673. The summed E-state index contributed by atoms with van der Waals surface area (Å²) in [6.07, 6.45) is 3.07. The van der Waals surface area contributed by atoms with Gasteiger partial charge in [0.1, 0.15) is 24.4 Å². The molecule has 0 aliphatic carbocycles. The lowest BCUT2D eigenvalue weighted by Gasteiger charge is -2.31. The minimum atomic E-state index is -0.990. The maximum atomic E-state index is 13.2. The number of azide groups is 1. The molecule has 2 atom stereocenters. The Balaban J connectivity index is 1.11.